The predicted octanol–water partition coefficient (Wildman–Crippen LogP) is 4.23. The van der Waals surface area contributed by atoms with E-state index in [0.717, 1.165) is 27.8 Å². The van der Waals surface area contributed by atoms with Gasteiger partial charge >= 0.3 is 5.69 Å². The summed E-state index contributed by atoms with van der Waals surface area (Å²) in [7, 11) is 3.16. The van der Waals surface area contributed by atoms with Gasteiger partial charge in [0.15, 0.2) is 17.3 Å². The van der Waals surface area contributed by atoms with E-state index in [-0.39, 0.29) is 5.82 Å². The lowest BCUT2D eigenvalue weighted by Crippen LogP contribution is -2.30. The van der Waals surface area contributed by atoms with Crippen molar-refractivity contribution in [2.45, 2.75) is 33.7 Å². The zero-order chi connectivity index (χ0) is 22.3. The van der Waals surface area contributed by atoms with E-state index in [1.165, 1.54) is 5.01 Å². The molecular formula is C23H24N4O4. The highest BCUT2D eigenvalue weighted by Crippen LogP contribution is 2.39. The van der Waals surface area contributed by atoms with E-state index < -0.39 is 5.69 Å². The Kier molecular flexibility index (Phi) is 5.22. The molecule has 0 aliphatic carbocycles. The summed E-state index contributed by atoms with van der Waals surface area (Å²) in [4.78, 5) is 28.9. The number of fused-ring (bicyclic) bond motifs is 3. The lowest BCUT2D eigenvalue weighted by Gasteiger charge is -2.25. The average molecular weight is 420 g/mol. The second-order valence-corrected chi connectivity index (χ2v) is 7.69. The third-order valence-electron chi connectivity index (χ3n) is 5.63. The van der Waals surface area contributed by atoms with Gasteiger partial charge in [0.2, 0.25) is 0 Å². The topological polar surface area (TPSA) is 86.0 Å². The summed E-state index contributed by atoms with van der Waals surface area (Å²) in [5.41, 5.74) is 5.57. The zero-order valence-electron chi connectivity index (χ0n) is 18.2. The molecule has 160 valence electrons. The van der Waals surface area contributed by atoms with Crippen LogP contribution >= 0.6 is 0 Å². The molecule has 0 spiro atoms. The Hall–Kier alpha value is -3.68. The second-order valence-electron chi connectivity index (χ2n) is 7.69. The number of hydrogen-bond acceptors (Lipinski definition) is 6. The highest BCUT2D eigenvalue weighted by molar-refractivity contribution is 5.74. The molecule has 3 aromatic rings. The van der Waals surface area contributed by atoms with Crippen LogP contribution in [0.5, 0.6) is 11.5 Å². The van der Waals surface area contributed by atoms with Gasteiger partial charge in [0, 0.05) is 18.2 Å². The molecule has 0 unspecified atom stereocenters. The molecule has 1 aliphatic rings. The van der Waals surface area contributed by atoms with Crippen LogP contribution in [-0.2, 0) is 13.0 Å². The van der Waals surface area contributed by atoms with Crippen molar-refractivity contribution in [3.8, 4) is 22.8 Å². The summed E-state index contributed by atoms with van der Waals surface area (Å²) in [5.74, 6) is 1.38. The first-order chi connectivity index (χ1) is 14.9. The standard InChI is InChI=1S/C23H24N4O4/c1-13-8-14(2)22(15(3)9-13)27(25-29)21-12-18-17-11-20(31-5)19(30-4)10-16(17)6-7-26(18)23(28)24-21/h8-12H,6-7H2,1-5H3. The Morgan fingerprint density at radius 1 is 1.00 bits per heavy atom. The fraction of sp³-hybridized carbons (Fsp3) is 0.304. The second kappa shape index (κ2) is 7.86. The molecule has 0 amide bonds. The number of aryl methyl sites for hydroxylation is 4. The number of rotatable bonds is 5. The highest BCUT2D eigenvalue weighted by atomic mass is 16.5. The Labute approximate surface area is 180 Å². The quantitative estimate of drug-likeness (QED) is 0.454. The Bertz CT molecular complexity index is 1230. The minimum absolute atomic E-state index is 0.184. The van der Waals surface area contributed by atoms with Crippen LogP contribution in [0.15, 0.2) is 40.4 Å². The molecule has 0 atom stereocenters. The van der Waals surface area contributed by atoms with Gasteiger partial charge in [-0.15, -0.1) is 4.91 Å². The lowest BCUT2D eigenvalue weighted by atomic mass is 9.96. The van der Waals surface area contributed by atoms with Crippen LogP contribution in [0, 0.1) is 25.7 Å². The fourth-order valence-corrected chi connectivity index (χ4v) is 4.34. The first-order valence-corrected chi connectivity index (χ1v) is 9.96. The molecule has 4 rings (SSSR count). The van der Waals surface area contributed by atoms with Crippen LogP contribution in [0.2, 0.25) is 0 Å². The summed E-state index contributed by atoms with van der Waals surface area (Å²) in [5, 5.41) is 4.41. The molecule has 1 aromatic heterocycles. The number of hydrogen-bond donors (Lipinski definition) is 0. The van der Waals surface area contributed by atoms with Gasteiger partial charge in [-0.25, -0.2) is 4.79 Å². The van der Waals surface area contributed by atoms with Gasteiger partial charge < -0.3 is 9.47 Å². The number of benzene rings is 2. The van der Waals surface area contributed by atoms with Crippen LogP contribution in [0.3, 0.4) is 0 Å². The zero-order valence-corrected chi connectivity index (χ0v) is 18.2. The largest absolute Gasteiger partial charge is 0.493 e. The van der Waals surface area contributed by atoms with Crippen LogP contribution in [-0.4, -0.2) is 23.8 Å². The van der Waals surface area contributed by atoms with E-state index in [4.69, 9.17) is 9.47 Å². The van der Waals surface area contributed by atoms with E-state index in [0.29, 0.717) is 35.8 Å². The Morgan fingerprint density at radius 3 is 2.26 bits per heavy atom. The molecule has 31 heavy (non-hydrogen) atoms. The molecule has 0 saturated carbocycles. The maximum atomic E-state index is 12.9. The van der Waals surface area contributed by atoms with Crippen molar-refractivity contribution in [2.24, 2.45) is 5.29 Å². The van der Waals surface area contributed by atoms with Gasteiger partial charge in [-0.3, -0.25) is 4.57 Å². The van der Waals surface area contributed by atoms with Crippen LogP contribution in [0.25, 0.3) is 11.3 Å². The van der Waals surface area contributed by atoms with Crippen molar-refractivity contribution in [2.75, 3.05) is 19.2 Å². The van der Waals surface area contributed by atoms with Gasteiger partial charge in [0.1, 0.15) is 0 Å². The molecule has 0 radical (unpaired) electrons. The summed E-state index contributed by atoms with van der Waals surface area (Å²) < 4.78 is 12.5. The van der Waals surface area contributed by atoms with Crippen molar-refractivity contribution in [3.05, 3.63) is 68.0 Å². The molecule has 0 bridgehead atoms. The Morgan fingerprint density at radius 2 is 1.65 bits per heavy atom. The van der Waals surface area contributed by atoms with Crippen molar-refractivity contribution >= 4 is 11.5 Å². The van der Waals surface area contributed by atoms with Crippen molar-refractivity contribution in [3.63, 3.8) is 0 Å². The number of aromatic nitrogens is 2. The minimum atomic E-state index is -0.427. The first kappa shape index (κ1) is 20.6. The third kappa shape index (κ3) is 3.43. The van der Waals surface area contributed by atoms with Crippen molar-refractivity contribution < 1.29 is 9.47 Å². The van der Waals surface area contributed by atoms with E-state index in [2.05, 4.69) is 10.3 Å². The lowest BCUT2D eigenvalue weighted by molar-refractivity contribution is 0.354. The molecule has 2 heterocycles. The van der Waals surface area contributed by atoms with Gasteiger partial charge in [-0.05, 0) is 56.0 Å². The summed E-state index contributed by atoms with van der Waals surface area (Å²) in [6, 6.07) is 9.44. The molecular weight excluding hydrogens is 396 g/mol. The average Bonchev–Trinajstić information content (AvgIpc) is 2.74. The monoisotopic (exact) mass is 420 g/mol. The number of nitroso groups, excluding NO2 is 1. The highest BCUT2D eigenvalue weighted by Gasteiger charge is 2.25. The summed E-state index contributed by atoms with van der Waals surface area (Å²) in [6.07, 6.45) is 0.662. The minimum Gasteiger partial charge on any atom is -0.493 e. The number of ether oxygens (including phenoxy) is 2. The maximum absolute atomic E-state index is 12.9. The summed E-state index contributed by atoms with van der Waals surface area (Å²) in [6.45, 7) is 6.29. The van der Waals surface area contributed by atoms with Gasteiger partial charge in [-0.2, -0.15) is 9.99 Å². The fourth-order valence-electron chi connectivity index (χ4n) is 4.34. The van der Waals surface area contributed by atoms with Crippen LogP contribution < -0.4 is 20.2 Å². The maximum Gasteiger partial charge on any atom is 0.350 e. The van der Waals surface area contributed by atoms with Gasteiger partial charge in [0.05, 0.1) is 30.9 Å². The molecule has 0 fully saturated rings. The molecule has 0 N–H and O–H groups in total. The smallest absolute Gasteiger partial charge is 0.350 e. The third-order valence-corrected chi connectivity index (χ3v) is 5.63. The SMILES string of the molecule is COc1cc2c(cc1OC)-c1cc(N(N=O)c3c(C)cc(C)cc3C)nc(=O)n1CC2. The van der Waals surface area contributed by atoms with E-state index >= 15 is 0 Å². The van der Waals surface area contributed by atoms with E-state index in [9.17, 15) is 9.70 Å². The van der Waals surface area contributed by atoms with Crippen molar-refractivity contribution in [1.82, 2.24) is 9.55 Å². The molecule has 1 aliphatic heterocycles. The van der Waals surface area contributed by atoms with Gasteiger partial charge in [0.25, 0.3) is 0 Å². The van der Waals surface area contributed by atoms with E-state index in [1.54, 1.807) is 24.9 Å². The molecule has 2 aromatic carbocycles. The first-order valence-electron chi connectivity index (χ1n) is 9.96. The molecule has 8 nitrogen and oxygen atoms in total. The van der Waals surface area contributed by atoms with E-state index in [1.807, 2.05) is 45.0 Å². The number of methoxy groups -OCH3 is 2. The van der Waals surface area contributed by atoms with Crippen molar-refractivity contribution in [1.29, 1.82) is 0 Å². The molecule has 0 saturated heterocycles. The summed E-state index contributed by atoms with van der Waals surface area (Å²) >= 11 is 0. The van der Waals surface area contributed by atoms with Gasteiger partial charge in [-0.1, -0.05) is 17.7 Å². The Balaban J connectivity index is 1.92. The number of anilines is 2. The predicted molar refractivity (Wildman–Crippen MR) is 119 cm³/mol. The normalized spacial score (nSPS) is 12.0. The van der Waals surface area contributed by atoms with Crippen LogP contribution in [0.4, 0.5) is 11.5 Å². The molecule has 8 heteroatoms. The number of nitrogens with zero attached hydrogens (tertiary/aromatic N) is 4. The van der Waals surface area contributed by atoms with Crippen LogP contribution in [0.1, 0.15) is 22.3 Å².